The number of nitrogens with one attached hydrogen (secondary N) is 2. The van der Waals surface area contributed by atoms with E-state index < -0.39 is 9.84 Å². The predicted molar refractivity (Wildman–Crippen MR) is 123 cm³/mol. The Morgan fingerprint density at radius 1 is 1.00 bits per heavy atom. The third-order valence-electron chi connectivity index (χ3n) is 4.00. The molecule has 2 N–H and O–H groups in total. The van der Waals surface area contributed by atoms with Crippen molar-refractivity contribution < 1.29 is 8.42 Å². The van der Waals surface area contributed by atoms with Gasteiger partial charge in [-0.25, -0.2) is 8.42 Å². The highest BCUT2D eigenvalue weighted by atomic mass is 127. The summed E-state index contributed by atoms with van der Waals surface area (Å²) < 4.78 is 24.6. The van der Waals surface area contributed by atoms with Crippen LogP contribution in [-0.4, -0.2) is 39.8 Å². The molecule has 0 saturated carbocycles. The molecule has 0 spiro atoms. The zero-order valence-electron chi connectivity index (χ0n) is 15.8. The molecule has 1 unspecified atom stereocenters. The van der Waals surface area contributed by atoms with Crippen LogP contribution in [-0.2, 0) is 9.84 Å². The molecule has 2 aromatic carbocycles. The van der Waals surface area contributed by atoms with Crippen LogP contribution in [0, 0.1) is 0 Å². The minimum Gasteiger partial charge on any atom is -0.357 e. The molecular formula is C20H28IN3O2S. The number of nitrogens with zero attached hydrogens (tertiary/aromatic N) is 1. The van der Waals surface area contributed by atoms with Crippen molar-refractivity contribution in [1.82, 2.24) is 10.6 Å². The number of sulfone groups is 1. The Kier molecular flexibility index (Phi) is 10.4. The molecule has 5 nitrogen and oxygen atoms in total. The highest BCUT2D eigenvalue weighted by Crippen LogP contribution is 2.14. The van der Waals surface area contributed by atoms with Gasteiger partial charge in [-0.3, -0.25) is 4.99 Å². The van der Waals surface area contributed by atoms with Gasteiger partial charge in [0, 0.05) is 25.6 Å². The zero-order valence-corrected chi connectivity index (χ0v) is 18.9. The van der Waals surface area contributed by atoms with Gasteiger partial charge >= 0.3 is 0 Å². The van der Waals surface area contributed by atoms with Gasteiger partial charge in [-0.15, -0.1) is 24.0 Å². The summed E-state index contributed by atoms with van der Waals surface area (Å²) >= 11 is 0. The SMILES string of the molecule is CCNC(=NCC(C)c1ccccc1)NCCS(=O)(=O)c1ccccc1.I. The Morgan fingerprint density at radius 2 is 1.59 bits per heavy atom. The van der Waals surface area contributed by atoms with Gasteiger partial charge in [0.05, 0.1) is 10.6 Å². The molecule has 0 aromatic heterocycles. The number of guanidine groups is 1. The van der Waals surface area contributed by atoms with Crippen LogP contribution < -0.4 is 10.6 Å². The molecule has 0 aliphatic heterocycles. The maximum Gasteiger partial charge on any atom is 0.191 e. The fourth-order valence-corrected chi connectivity index (χ4v) is 3.68. The van der Waals surface area contributed by atoms with Crippen LogP contribution >= 0.6 is 24.0 Å². The van der Waals surface area contributed by atoms with Gasteiger partial charge in [-0.05, 0) is 24.6 Å². The molecule has 2 rings (SSSR count). The highest BCUT2D eigenvalue weighted by Gasteiger charge is 2.13. The maximum absolute atomic E-state index is 12.3. The first-order valence-corrected chi connectivity index (χ1v) is 10.5. The summed E-state index contributed by atoms with van der Waals surface area (Å²) in [5, 5.41) is 6.27. The summed E-state index contributed by atoms with van der Waals surface area (Å²) in [5.74, 6) is 0.952. The summed E-state index contributed by atoms with van der Waals surface area (Å²) in [6, 6.07) is 18.7. The van der Waals surface area contributed by atoms with E-state index in [1.54, 1.807) is 30.3 Å². The standard InChI is InChI=1S/C20H27N3O2S.HI/c1-3-21-20(23-16-17(2)18-10-6-4-7-11-18)22-14-15-26(24,25)19-12-8-5-9-13-19;/h4-13,17H,3,14-16H2,1-2H3,(H2,21,22,23);1H. The summed E-state index contributed by atoms with van der Waals surface area (Å²) in [5.41, 5.74) is 1.23. The van der Waals surface area contributed by atoms with E-state index in [1.807, 2.05) is 25.1 Å². The molecule has 148 valence electrons. The Morgan fingerprint density at radius 3 is 2.19 bits per heavy atom. The maximum atomic E-state index is 12.3. The molecule has 0 fully saturated rings. The molecule has 27 heavy (non-hydrogen) atoms. The lowest BCUT2D eigenvalue weighted by Gasteiger charge is -2.14. The van der Waals surface area contributed by atoms with Crippen LogP contribution in [0.1, 0.15) is 25.3 Å². The average Bonchev–Trinajstić information content (AvgIpc) is 2.67. The van der Waals surface area contributed by atoms with Gasteiger partial charge in [0.1, 0.15) is 0 Å². The highest BCUT2D eigenvalue weighted by molar-refractivity contribution is 14.0. The van der Waals surface area contributed by atoms with Crippen molar-refractivity contribution in [3.05, 3.63) is 66.2 Å². The molecule has 0 amide bonds. The number of hydrogen-bond donors (Lipinski definition) is 2. The first-order valence-electron chi connectivity index (χ1n) is 8.88. The van der Waals surface area contributed by atoms with Crippen molar-refractivity contribution in [1.29, 1.82) is 0 Å². The predicted octanol–water partition coefficient (Wildman–Crippen LogP) is 3.44. The van der Waals surface area contributed by atoms with E-state index in [-0.39, 0.29) is 29.7 Å². The second-order valence-electron chi connectivity index (χ2n) is 6.09. The van der Waals surface area contributed by atoms with E-state index in [4.69, 9.17) is 0 Å². The molecule has 1 atom stereocenters. The van der Waals surface area contributed by atoms with E-state index in [0.29, 0.717) is 29.9 Å². The van der Waals surface area contributed by atoms with E-state index in [9.17, 15) is 8.42 Å². The molecular weight excluding hydrogens is 473 g/mol. The van der Waals surface area contributed by atoms with Crippen LogP contribution in [0.25, 0.3) is 0 Å². The Hall–Kier alpha value is -1.61. The molecule has 0 aliphatic rings. The van der Waals surface area contributed by atoms with Crippen molar-refractivity contribution in [3.63, 3.8) is 0 Å². The number of aliphatic imine (C=N–C) groups is 1. The Balaban J connectivity index is 0.00000364. The Bertz CT molecular complexity index is 796. The number of hydrogen-bond acceptors (Lipinski definition) is 3. The normalized spacial score (nSPS) is 12.7. The van der Waals surface area contributed by atoms with Crippen LogP contribution in [0.15, 0.2) is 70.6 Å². The van der Waals surface area contributed by atoms with Gasteiger partial charge in [-0.1, -0.05) is 55.5 Å². The molecule has 0 radical (unpaired) electrons. The minimum atomic E-state index is -3.29. The third-order valence-corrected chi connectivity index (χ3v) is 5.73. The van der Waals surface area contributed by atoms with E-state index >= 15 is 0 Å². The van der Waals surface area contributed by atoms with Crippen LogP contribution in [0.3, 0.4) is 0 Å². The third kappa shape index (κ3) is 7.88. The van der Waals surface area contributed by atoms with Crippen LogP contribution in [0.4, 0.5) is 0 Å². The topological polar surface area (TPSA) is 70.6 Å². The van der Waals surface area contributed by atoms with Crippen LogP contribution in [0.5, 0.6) is 0 Å². The fourth-order valence-electron chi connectivity index (χ4n) is 2.51. The lowest BCUT2D eigenvalue weighted by atomic mass is 10.0. The molecule has 7 heteroatoms. The van der Waals surface area contributed by atoms with Gasteiger partial charge < -0.3 is 10.6 Å². The molecule has 0 heterocycles. The largest absolute Gasteiger partial charge is 0.357 e. The first-order chi connectivity index (χ1) is 12.5. The molecule has 0 bridgehead atoms. The monoisotopic (exact) mass is 501 g/mol. The van der Waals surface area contributed by atoms with E-state index in [0.717, 1.165) is 6.54 Å². The van der Waals surface area contributed by atoms with Crippen molar-refractivity contribution in [2.24, 2.45) is 4.99 Å². The van der Waals surface area contributed by atoms with Crippen molar-refractivity contribution in [2.45, 2.75) is 24.7 Å². The smallest absolute Gasteiger partial charge is 0.191 e. The molecule has 0 saturated heterocycles. The number of halogens is 1. The quantitative estimate of drug-likeness (QED) is 0.331. The zero-order chi connectivity index (χ0) is 18.8. The summed E-state index contributed by atoms with van der Waals surface area (Å²) in [6.45, 7) is 5.77. The summed E-state index contributed by atoms with van der Waals surface area (Å²) in [4.78, 5) is 4.93. The van der Waals surface area contributed by atoms with Crippen molar-refractivity contribution in [3.8, 4) is 0 Å². The van der Waals surface area contributed by atoms with E-state index in [2.05, 4.69) is 34.7 Å². The van der Waals surface area contributed by atoms with Gasteiger partial charge in [-0.2, -0.15) is 0 Å². The summed E-state index contributed by atoms with van der Waals surface area (Å²) in [7, 11) is -3.29. The lowest BCUT2D eigenvalue weighted by Crippen LogP contribution is -2.39. The van der Waals surface area contributed by atoms with Crippen molar-refractivity contribution >= 4 is 39.8 Å². The second kappa shape index (κ2) is 12.0. The Labute approximate surface area is 179 Å². The second-order valence-corrected chi connectivity index (χ2v) is 8.20. The van der Waals surface area contributed by atoms with Crippen LogP contribution in [0.2, 0.25) is 0 Å². The molecule has 2 aromatic rings. The van der Waals surface area contributed by atoms with E-state index in [1.165, 1.54) is 5.56 Å². The average molecular weight is 501 g/mol. The van der Waals surface area contributed by atoms with Gasteiger partial charge in [0.2, 0.25) is 0 Å². The lowest BCUT2D eigenvalue weighted by molar-refractivity contribution is 0.594. The number of rotatable bonds is 8. The first kappa shape index (κ1) is 23.4. The minimum absolute atomic E-state index is 0. The number of benzene rings is 2. The van der Waals surface area contributed by atoms with Gasteiger partial charge in [0.25, 0.3) is 0 Å². The van der Waals surface area contributed by atoms with Gasteiger partial charge in [0.15, 0.2) is 15.8 Å². The summed E-state index contributed by atoms with van der Waals surface area (Å²) in [6.07, 6.45) is 0. The van der Waals surface area contributed by atoms with Crippen molar-refractivity contribution in [2.75, 3.05) is 25.4 Å². The fraction of sp³-hybridized carbons (Fsp3) is 0.350. The molecule has 0 aliphatic carbocycles.